The summed E-state index contributed by atoms with van der Waals surface area (Å²) < 4.78 is 1.38. The predicted molar refractivity (Wildman–Crippen MR) is 55.2 cm³/mol. The van der Waals surface area contributed by atoms with Gasteiger partial charge in [0, 0.05) is 11.5 Å². The third-order valence-electron chi connectivity index (χ3n) is 1.85. The predicted octanol–water partition coefficient (Wildman–Crippen LogP) is 0.216. The van der Waals surface area contributed by atoms with Gasteiger partial charge in [0.25, 0.3) is 0 Å². The number of nitrogens with two attached hydrogens (primary N) is 1. The second-order valence-electron chi connectivity index (χ2n) is 4.69. The Hall–Kier alpha value is -1.10. The largest absolute Gasteiger partial charge is 0.343 e. The molecule has 1 heterocycles. The second-order valence-corrected chi connectivity index (χ2v) is 4.69. The lowest BCUT2D eigenvalue weighted by Crippen LogP contribution is -2.29. The summed E-state index contributed by atoms with van der Waals surface area (Å²) in [5.41, 5.74) is 5.27. The summed E-state index contributed by atoms with van der Waals surface area (Å²) in [6.45, 7) is 8.30. The molecule has 0 spiro atoms. The lowest BCUT2D eigenvalue weighted by molar-refractivity contribution is 0.495. The van der Waals surface area contributed by atoms with E-state index in [0.29, 0.717) is 12.4 Å². The molecular weight excluding hydrogens is 180 g/mol. The van der Waals surface area contributed by atoms with Crippen molar-refractivity contribution in [3.8, 4) is 0 Å². The van der Waals surface area contributed by atoms with Crippen LogP contribution < -0.4 is 11.4 Å². The SMILES string of the molecule is CC(N)Cn1nc(C(C)(C)C)[nH]c1=O. The topological polar surface area (TPSA) is 76.7 Å². The highest BCUT2D eigenvalue weighted by Crippen LogP contribution is 2.15. The minimum Gasteiger partial charge on any atom is -0.326 e. The van der Waals surface area contributed by atoms with Crippen LogP contribution in [0.5, 0.6) is 0 Å². The molecular formula is C9H18N4O. The molecule has 1 rings (SSSR count). The van der Waals surface area contributed by atoms with Crippen molar-refractivity contribution >= 4 is 0 Å². The number of aromatic nitrogens is 3. The number of H-pyrrole nitrogens is 1. The molecule has 0 amide bonds. The molecule has 5 nitrogen and oxygen atoms in total. The summed E-state index contributed by atoms with van der Waals surface area (Å²) >= 11 is 0. The normalized spacial score (nSPS) is 14.4. The van der Waals surface area contributed by atoms with Crippen LogP contribution >= 0.6 is 0 Å². The molecule has 3 N–H and O–H groups in total. The van der Waals surface area contributed by atoms with Gasteiger partial charge in [0.15, 0.2) is 0 Å². The number of rotatable bonds is 2. The Balaban J connectivity index is 3.00. The molecule has 1 aromatic rings. The maximum absolute atomic E-state index is 11.4. The molecule has 1 atom stereocenters. The first kappa shape index (κ1) is 11.0. The summed E-state index contributed by atoms with van der Waals surface area (Å²) in [5.74, 6) is 0.697. The van der Waals surface area contributed by atoms with Crippen molar-refractivity contribution in [3.63, 3.8) is 0 Å². The van der Waals surface area contributed by atoms with Gasteiger partial charge in [-0.15, -0.1) is 0 Å². The zero-order valence-corrected chi connectivity index (χ0v) is 9.16. The Labute approximate surface area is 83.3 Å². The fourth-order valence-corrected chi connectivity index (χ4v) is 1.09. The van der Waals surface area contributed by atoms with Crippen LogP contribution in [-0.2, 0) is 12.0 Å². The van der Waals surface area contributed by atoms with E-state index in [0.717, 1.165) is 0 Å². The molecule has 0 aliphatic carbocycles. The van der Waals surface area contributed by atoms with E-state index in [2.05, 4.69) is 10.1 Å². The molecule has 1 unspecified atom stereocenters. The van der Waals surface area contributed by atoms with Crippen molar-refractivity contribution in [1.82, 2.24) is 14.8 Å². The van der Waals surface area contributed by atoms with Gasteiger partial charge in [-0.25, -0.2) is 9.48 Å². The number of aromatic amines is 1. The van der Waals surface area contributed by atoms with Gasteiger partial charge in [0.2, 0.25) is 0 Å². The van der Waals surface area contributed by atoms with E-state index in [1.165, 1.54) is 4.68 Å². The monoisotopic (exact) mass is 198 g/mol. The summed E-state index contributed by atoms with van der Waals surface area (Å²) in [4.78, 5) is 14.1. The maximum atomic E-state index is 11.4. The van der Waals surface area contributed by atoms with Crippen molar-refractivity contribution in [2.24, 2.45) is 5.73 Å². The molecule has 0 bridgehead atoms. The van der Waals surface area contributed by atoms with Gasteiger partial charge in [-0.05, 0) is 6.92 Å². The minimum atomic E-state index is -0.188. The van der Waals surface area contributed by atoms with Crippen molar-refractivity contribution in [1.29, 1.82) is 0 Å². The first-order valence-corrected chi connectivity index (χ1v) is 4.74. The molecule has 1 aromatic heterocycles. The molecule has 14 heavy (non-hydrogen) atoms. The number of nitrogens with zero attached hydrogens (tertiary/aromatic N) is 2. The Morgan fingerprint density at radius 1 is 1.57 bits per heavy atom. The summed E-state index contributed by atoms with van der Waals surface area (Å²) in [6.07, 6.45) is 0. The van der Waals surface area contributed by atoms with Gasteiger partial charge in [-0.1, -0.05) is 20.8 Å². The number of hydrogen-bond acceptors (Lipinski definition) is 3. The van der Waals surface area contributed by atoms with Crippen LogP contribution in [0.2, 0.25) is 0 Å². The zero-order valence-electron chi connectivity index (χ0n) is 9.16. The van der Waals surface area contributed by atoms with E-state index in [9.17, 15) is 4.79 Å². The van der Waals surface area contributed by atoms with Crippen molar-refractivity contribution < 1.29 is 0 Å². The summed E-state index contributed by atoms with van der Waals surface area (Å²) in [5, 5.41) is 4.19. The highest BCUT2D eigenvalue weighted by atomic mass is 16.1. The smallest absolute Gasteiger partial charge is 0.326 e. The molecule has 80 valence electrons. The van der Waals surface area contributed by atoms with Crippen molar-refractivity contribution in [2.75, 3.05) is 0 Å². The fraction of sp³-hybridized carbons (Fsp3) is 0.778. The van der Waals surface area contributed by atoms with E-state index in [1.54, 1.807) is 0 Å². The Morgan fingerprint density at radius 2 is 2.14 bits per heavy atom. The Kier molecular flexibility index (Phi) is 2.80. The van der Waals surface area contributed by atoms with Gasteiger partial charge < -0.3 is 5.73 Å². The zero-order chi connectivity index (χ0) is 10.9. The molecule has 0 saturated heterocycles. The van der Waals surface area contributed by atoms with Crippen LogP contribution in [0.15, 0.2) is 4.79 Å². The van der Waals surface area contributed by atoms with Gasteiger partial charge in [0.05, 0.1) is 6.54 Å². The van der Waals surface area contributed by atoms with Gasteiger partial charge in [-0.2, -0.15) is 5.10 Å². The van der Waals surface area contributed by atoms with Crippen LogP contribution in [0, 0.1) is 0 Å². The van der Waals surface area contributed by atoms with Crippen LogP contribution in [-0.4, -0.2) is 20.8 Å². The molecule has 5 heteroatoms. The Bertz CT molecular complexity index is 356. The minimum absolute atomic E-state index is 0.0659. The van der Waals surface area contributed by atoms with Gasteiger partial charge in [0.1, 0.15) is 5.82 Å². The Morgan fingerprint density at radius 3 is 2.50 bits per heavy atom. The lowest BCUT2D eigenvalue weighted by atomic mass is 9.96. The van der Waals surface area contributed by atoms with E-state index in [1.807, 2.05) is 27.7 Å². The number of nitrogens with one attached hydrogen (secondary N) is 1. The van der Waals surface area contributed by atoms with E-state index in [-0.39, 0.29) is 17.1 Å². The highest BCUT2D eigenvalue weighted by molar-refractivity contribution is 4.98. The first-order chi connectivity index (χ1) is 6.30. The number of hydrogen-bond donors (Lipinski definition) is 2. The van der Waals surface area contributed by atoms with E-state index >= 15 is 0 Å². The van der Waals surface area contributed by atoms with Crippen LogP contribution in [0.3, 0.4) is 0 Å². The molecule has 0 aliphatic rings. The van der Waals surface area contributed by atoms with Gasteiger partial charge >= 0.3 is 5.69 Å². The molecule has 0 fully saturated rings. The van der Waals surface area contributed by atoms with Crippen LogP contribution in [0.25, 0.3) is 0 Å². The van der Waals surface area contributed by atoms with Gasteiger partial charge in [-0.3, -0.25) is 4.98 Å². The standard InChI is InChI=1S/C9H18N4O/c1-6(10)5-13-8(14)11-7(12-13)9(2,3)4/h6H,5,10H2,1-4H3,(H,11,12,14). The maximum Gasteiger partial charge on any atom is 0.343 e. The molecule has 0 radical (unpaired) electrons. The average Bonchev–Trinajstić information content (AvgIpc) is 2.30. The average molecular weight is 198 g/mol. The first-order valence-electron chi connectivity index (χ1n) is 4.74. The quantitative estimate of drug-likeness (QED) is 0.713. The summed E-state index contributed by atoms with van der Waals surface area (Å²) in [7, 11) is 0. The van der Waals surface area contributed by atoms with Crippen molar-refractivity contribution in [2.45, 2.75) is 45.7 Å². The fourth-order valence-electron chi connectivity index (χ4n) is 1.09. The molecule has 0 aromatic carbocycles. The van der Waals surface area contributed by atoms with E-state index in [4.69, 9.17) is 5.73 Å². The van der Waals surface area contributed by atoms with Crippen molar-refractivity contribution in [3.05, 3.63) is 16.3 Å². The molecule has 0 aliphatic heterocycles. The van der Waals surface area contributed by atoms with Crippen LogP contribution in [0.4, 0.5) is 0 Å². The summed E-state index contributed by atoms with van der Waals surface area (Å²) in [6, 6.07) is -0.0659. The lowest BCUT2D eigenvalue weighted by Gasteiger charge is -2.13. The van der Waals surface area contributed by atoms with E-state index < -0.39 is 0 Å². The molecule has 0 saturated carbocycles. The second kappa shape index (κ2) is 3.57. The third kappa shape index (κ3) is 2.45. The highest BCUT2D eigenvalue weighted by Gasteiger charge is 2.19. The van der Waals surface area contributed by atoms with Crippen LogP contribution in [0.1, 0.15) is 33.5 Å². The third-order valence-corrected chi connectivity index (χ3v) is 1.85.